The molecule has 2 aromatic carbocycles. The van der Waals surface area contributed by atoms with Gasteiger partial charge in [-0.25, -0.2) is 0 Å². The van der Waals surface area contributed by atoms with Crippen molar-refractivity contribution in [2.75, 3.05) is 0 Å². The SMILES string of the molecule is Cc1cccc(CC(C)C(C)C(C(=O)CC2=CCCCC2=S)c2ccccc2)c1. The van der Waals surface area contributed by atoms with Crippen LogP contribution in [-0.2, 0) is 11.2 Å². The Hall–Kier alpha value is -2.06. The quantitative estimate of drug-likeness (QED) is 0.439. The van der Waals surface area contributed by atoms with Crippen molar-refractivity contribution in [3.8, 4) is 0 Å². The Balaban J connectivity index is 1.81. The molecule has 1 nitrogen and oxygen atoms in total. The summed E-state index contributed by atoms with van der Waals surface area (Å²) in [6, 6.07) is 19.0. The number of carbonyl (C=O) groups excluding carboxylic acids is 1. The zero-order chi connectivity index (χ0) is 20.8. The smallest absolute Gasteiger partial charge is 0.144 e. The molecule has 2 aromatic rings. The van der Waals surface area contributed by atoms with E-state index in [1.54, 1.807) is 0 Å². The van der Waals surface area contributed by atoms with Crippen LogP contribution in [0.4, 0.5) is 0 Å². The Morgan fingerprint density at radius 1 is 1.07 bits per heavy atom. The van der Waals surface area contributed by atoms with Gasteiger partial charge in [0.2, 0.25) is 0 Å². The maximum atomic E-state index is 13.5. The number of benzene rings is 2. The molecule has 3 unspecified atom stereocenters. The summed E-state index contributed by atoms with van der Waals surface area (Å²) in [5, 5.41) is 0. The topological polar surface area (TPSA) is 17.1 Å². The van der Waals surface area contributed by atoms with Crippen molar-refractivity contribution in [2.45, 2.75) is 58.8 Å². The van der Waals surface area contributed by atoms with Crippen molar-refractivity contribution in [3.63, 3.8) is 0 Å². The Morgan fingerprint density at radius 3 is 2.52 bits per heavy atom. The maximum absolute atomic E-state index is 13.5. The molecule has 0 fully saturated rings. The van der Waals surface area contributed by atoms with Gasteiger partial charge in [0.15, 0.2) is 0 Å². The predicted octanol–water partition coefficient (Wildman–Crippen LogP) is 7.03. The summed E-state index contributed by atoms with van der Waals surface area (Å²) >= 11 is 5.54. The molecular formula is C27H32OS. The average molecular weight is 405 g/mol. The van der Waals surface area contributed by atoms with Gasteiger partial charge in [0.1, 0.15) is 5.78 Å². The van der Waals surface area contributed by atoms with E-state index in [0.717, 1.165) is 41.7 Å². The van der Waals surface area contributed by atoms with Gasteiger partial charge in [0.25, 0.3) is 0 Å². The first-order chi connectivity index (χ1) is 14.0. The lowest BCUT2D eigenvalue weighted by Gasteiger charge is -2.29. The molecule has 29 heavy (non-hydrogen) atoms. The third kappa shape index (κ3) is 5.73. The van der Waals surface area contributed by atoms with Crippen molar-refractivity contribution in [1.29, 1.82) is 0 Å². The number of carbonyl (C=O) groups is 1. The van der Waals surface area contributed by atoms with Crippen LogP contribution in [0, 0.1) is 18.8 Å². The Morgan fingerprint density at radius 2 is 1.83 bits per heavy atom. The summed E-state index contributed by atoms with van der Waals surface area (Å²) in [5.41, 5.74) is 4.86. The summed E-state index contributed by atoms with van der Waals surface area (Å²) in [6.07, 6.45) is 6.75. The van der Waals surface area contributed by atoms with E-state index in [4.69, 9.17) is 12.2 Å². The largest absolute Gasteiger partial charge is 0.299 e. The predicted molar refractivity (Wildman–Crippen MR) is 127 cm³/mol. The van der Waals surface area contributed by atoms with Gasteiger partial charge < -0.3 is 0 Å². The summed E-state index contributed by atoms with van der Waals surface area (Å²) in [7, 11) is 0. The molecule has 152 valence electrons. The number of ketones is 1. The summed E-state index contributed by atoms with van der Waals surface area (Å²) in [4.78, 5) is 14.5. The lowest BCUT2D eigenvalue weighted by Crippen LogP contribution is -2.27. The second-order valence-corrected chi connectivity index (χ2v) is 9.10. The fraction of sp³-hybridized carbons (Fsp3) is 0.407. The van der Waals surface area contributed by atoms with Crippen molar-refractivity contribution in [1.82, 2.24) is 0 Å². The van der Waals surface area contributed by atoms with Crippen LogP contribution in [0.15, 0.2) is 66.2 Å². The van der Waals surface area contributed by atoms with Gasteiger partial charge in [-0.2, -0.15) is 0 Å². The highest BCUT2D eigenvalue weighted by molar-refractivity contribution is 7.80. The molecule has 1 aliphatic rings. The van der Waals surface area contributed by atoms with Gasteiger partial charge >= 0.3 is 0 Å². The standard InChI is InChI=1S/C27H32OS/c1-19-10-9-11-22(16-19)17-20(2)21(3)27(23-12-5-4-6-13-23)25(28)18-24-14-7-8-15-26(24)29/h4-6,9-14,16,20-21,27H,7-8,15,17-18H2,1-3H3. The molecule has 0 N–H and O–H groups in total. The van der Waals surface area contributed by atoms with Crippen LogP contribution in [0.5, 0.6) is 0 Å². The Kier molecular flexibility index (Phi) is 7.55. The normalized spacial score (nSPS) is 17.3. The van der Waals surface area contributed by atoms with Crippen LogP contribution >= 0.6 is 12.2 Å². The summed E-state index contributed by atoms with van der Waals surface area (Å²) < 4.78 is 0. The molecule has 3 rings (SSSR count). The first kappa shape index (κ1) is 21.6. The van der Waals surface area contributed by atoms with E-state index in [-0.39, 0.29) is 11.8 Å². The zero-order valence-corrected chi connectivity index (χ0v) is 18.7. The molecular weight excluding hydrogens is 372 g/mol. The molecule has 0 amide bonds. The summed E-state index contributed by atoms with van der Waals surface area (Å²) in [5.74, 6) is 0.860. The zero-order valence-electron chi connectivity index (χ0n) is 17.9. The number of hydrogen-bond acceptors (Lipinski definition) is 2. The minimum atomic E-state index is -0.0957. The van der Waals surface area contributed by atoms with Crippen LogP contribution < -0.4 is 0 Å². The van der Waals surface area contributed by atoms with E-state index in [1.165, 1.54) is 11.1 Å². The highest BCUT2D eigenvalue weighted by atomic mass is 32.1. The van der Waals surface area contributed by atoms with Gasteiger partial charge in [0, 0.05) is 17.2 Å². The monoisotopic (exact) mass is 404 g/mol. The molecule has 0 radical (unpaired) electrons. The second kappa shape index (κ2) is 10.1. The molecule has 0 saturated carbocycles. The molecule has 0 aliphatic heterocycles. The maximum Gasteiger partial charge on any atom is 0.144 e. The van der Waals surface area contributed by atoms with Gasteiger partial charge in [-0.1, -0.05) is 92.3 Å². The number of hydrogen-bond donors (Lipinski definition) is 0. The Bertz CT molecular complexity index is 880. The molecule has 0 heterocycles. The van der Waals surface area contributed by atoms with Gasteiger partial charge in [0.05, 0.1) is 0 Å². The minimum Gasteiger partial charge on any atom is -0.299 e. The lowest BCUT2D eigenvalue weighted by atomic mass is 9.74. The van der Waals surface area contributed by atoms with E-state index in [9.17, 15) is 4.79 Å². The van der Waals surface area contributed by atoms with Gasteiger partial charge in [-0.3, -0.25) is 4.79 Å². The van der Waals surface area contributed by atoms with Crippen LogP contribution in [-0.4, -0.2) is 10.6 Å². The van der Waals surface area contributed by atoms with Crippen LogP contribution in [0.2, 0.25) is 0 Å². The third-order valence-corrected chi connectivity index (χ3v) is 6.76. The highest BCUT2D eigenvalue weighted by Crippen LogP contribution is 2.35. The molecule has 2 heteroatoms. The summed E-state index contributed by atoms with van der Waals surface area (Å²) in [6.45, 7) is 6.65. The molecule has 1 aliphatic carbocycles. The van der Waals surface area contributed by atoms with Crippen LogP contribution in [0.3, 0.4) is 0 Å². The average Bonchev–Trinajstić information content (AvgIpc) is 2.70. The first-order valence-electron chi connectivity index (χ1n) is 10.8. The lowest BCUT2D eigenvalue weighted by molar-refractivity contribution is -0.121. The van der Waals surface area contributed by atoms with Crippen LogP contribution in [0.25, 0.3) is 0 Å². The number of rotatable bonds is 8. The molecule has 0 saturated heterocycles. The minimum absolute atomic E-state index is 0.0957. The molecule has 0 aromatic heterocycles. The van der Waals surface area contributed by atoms with E-state index >= 15 is 0 Å². The third-order valence-electron chi connectivity index (χ3n) is 6.29. The number of thiocarbonyl (C=S) groups is 1. The fourth-order valence-corrected chi connectivity index (χ4v) is 4.75. The van der Waals surface area contributed by atoms with Crippen molar-refractivity contribution in [3.05, 3.63) is 82.9 Å². The van der Waals surface area contributed by atoms with E-state index in [2.05, 4.69) is 63.2 Å². The molecule has 0 bridgehead atoms. The van der Waals surface area contributed by atoms with E-state index in [0.29, 0.717) is 18.1 Å². The van der Waals surface area contributed by atoms with Crippen molar-refractivity contribution >= 4 is 22.9 Å². The van der Waals surface area contributed by atoms with Gasteiger partial charge in [-0.05, 0) is 61.1 Å². The molecule has 3 atom stereocenters. The highest BCUT2D eigenvalue weighted by Gasteiger charge is 2.31. The molecule has 0 spiro atoms. The number of Topliss-reactive ketones (excluding diaryl/α,β-unsaturated/α-hetero) is 1. The van der Waals surface area contributed by atoms with Crippen LogP contribution in [0.1, 0.15) is 62.1 Å². The van der Waals surface area contributed by atoms with Crippen molar-refractivity contribution < 1.29 is 4.79 Å². The van der Waals surface area contributed by atoms with Crippen molar-refractivity contribution in [2.24, 2.45) is 11.8 Å². The number of allylic oxidation sites excluding steroid dienone is 2. The second-order valence-electron chi connectivity index (χ2n) is 8.61. The van der Waals surface area contributed by atoms with E-state index < -0.39 is 0 Å². The van der Waals surface area contributed by atoms with E-state index in [1.807, 2.05) is 18.2 Å². The Labute approximate surface area is 181 Å². The number of aryl methyl sites for hydroxylation is 1. The fourth-order valence-electron chi connectivity index (χ4n) is 4.45. The first-order valence-corrected chi connectivity index (χ1v) is 11.2. The van der Waals surface area contributed by atoms with Gasteiger partial charge in [-0.15, -0.1) is 0 Å².